The van der Waals surface area contributed by atoms with E-state index in [9.17, 15) is 4.79 Å². The summed E-state index contributed by atoms with van der Waals surface area (Å²) in [6.07, 6.45) is 2.52. The molecule has 1 fully saturated rings. The zero-order valence-corrected chi connectivity index (χ0v) is 9.55. The second kappa shape index (κ2) is 4.31. The molecule has 0 saturated heterocycles. The van der Waals surface area contributed by atoms with Crippen LogP contribution in [0.5, 0.6) is 0 Å². The number of anilines is 1. The summed E-state index contributed by atoms with van der Waals surface area (Å²) in [7, 11) is 0. The third-order valence-corrected chi connectivity index (χ3v) is 3.11. The van der Waals surface area contributed by atoms with Gasteiger partial charge in [0.2, 0.25) is 0 Å². The number of hydrogen-bond donors (Lipinski definition) is 3. The van der Waals surface area contributed by atoms with E-state index in [1.54, 1.807) is 24.3 Å². The third-order valence-electron chi connectivity index (χ3n) is 2.86. The van der Waals surface area contributed by atoms with Gasteiger partial charge in [-0.3, -0.25) is 15.6 Å². The molecule has 1 aliphatic rings. The number of amides is 1. The van der Waals surface area contributed by atoms with E-state index in [1.807, 2.05) is 0 Å². The van der Waals surface area contributed by atoms with Crippen molar-refractivity contribution in [3.05, 3.63) is 29.3 Å². The van der Waals surface area contributed by atoms with Crippen molar-refractivity contribution in [1.29, 1.82) is 0 Å². The predicted octanol–water partition coefficient (Wildman–Crippen LogP) is 1.66. The number of halogens is 1. The molecule has 4 N–H and O–H groups in total. The Labute approximate surface area is 99.1 Å². The predicted molar refractivity (Wildman–Crippen MR) is 64.0 cm³/mol. The minimum Gasteiger partial charge on any atom is -0.317 e. The van der Waals surface area contributed by atoms with Crippen molar-refractivity contribution in [3.8, 4) is 0 Å². The molecule has 0 radical (unpaired) electrons. The normalized spacial score (nSPS) is 17.4. The molecule has 0 aromatic heterocycles. The Kier molecular flexibility index (Phi) is 3.03. The number of hydrazine groups is 1. The number of rotatable bonds is 3. The van der Waals surface area contributed by atoms with Crippen molar-refractivity contribution >= 4 is 23.2 Å². The second-order valence-corrected chi connectivity index (χ2v) is 4.53. The molecule has 0 bridgehead atoms. The van der Waals surface area contributed by atoms with Crippen molar-refractivity contribution in [2.24, 2.45) is 5.73 Å². The van der Waals surface area contributed by atoms with Gasteiger partial charge in [0.05, 0.1) is 11.2 Å². The maximum absolute atomic E-state index is 11.7. The monoisotopic (exact) mass is 239 g/mol. The van der Waals surface area contributed by atoms with Gasteiger partial charge >= 0.3 is 0 Å². The van der Waals surface area contributed by atoms with Crippen LogP contribution in [0.25, 0.3) is 0 Å². The van der Waals surface area contributed by atoms with Crippen molar-refractivity contribution in [2.75, 3.05) is 5.43 Å². The number of carbonyl (C=O) groups excluding carboxylic acids is 1. The zero-order valence-electron chi connectivity index (χ0n) is 8.79. The topological polar surface area (TPSA) is 67.2 Å². The van der Waals surface area contributed by atoms with Crippen molar-refractivity contribution in [2.45, 2.75) is 24.8 Å². The minimum atomic E-state index is -0.681. The molecule has 0 aliphatic heterocycles. The highest BCUT2D eigenvalue weighted by molar-refractivity contribution is 6.30. The van der Waals surface area contributed by atoms with Gasteiger partial charge in [-0.1, -0.05) is 11.6 Å². The van der Waals surface area contributed by atoms with Crippen LogP contribution in [0.2, 0.25) is 5.02 Å². The molecule has 0 atom stereocenters. The van der Waals surface area contributed by atoms with E-state index < -0.39 is 5.54 Å². The summed E-state index contributed by atoms with van der Waals surface area (Å²) in [4.78, 5) is 11.7. The molecular formula is C11H14ClN3O. The van der Waals surface area contributed by atoms with Crippen molar-refractivity contribution in [3.63, 3.8) is 0 Å². The van der Waals surface area contributed by atoms with Gasteiger partial charge in [-0.05, 0) is 43.5 Å². The van der Waals surface area contributed by atoms with Crippen LogP contribution in [0, 0.1) is 0 Å². The molecule has 0 spiro atoms. The molecule has 16 heavy (non-hydrogen) atoms. The van der Waals surface area contributed by atoms with Crippen LogP contribution in [-0.2, 0) is 4.79 Å². The van der Waals surface area contributed by atoms with Gasteiger partial charge in [0, 0.05) is 5.02 Å². The Hall–Kier alpha value is -1.26. The number of nitrogens with one attached hydrogen (secondary N) is 2. The molecule has 1 amide bonds. The number of carbonyl (C=O) groups is 1. The van der Waals surface area contributed by atoms with E-state index in [0.717, 1.165) is 24.9 Å². The highest BCUT2D eigenvalue weighted by Gasteiger charge is 2.40. The molecule has 1 aromatic rings. The second-order valence-electron chi connectivity index (χ2n) is 4.10. The largest absolute Gasteiger partial charge is 0.317 e. The van der Waals surface area contributed by atoms with Crippen LogP contribution < -0.4 is 16.6 Å². The molecule has 2 rings (SSSR count). The Balaban J connectivity index is 1.87. The average molecular weight is 240 g/mol. The highest BCUT2D eigenvalue weighted by atomic mass is 35.5. The summed E-state index contributed by atoms with van der Waals surface area (Å²) in [5.41, 5.74) is 11.4. The first-order valence-electron chi connectivity index (χ1n) is 5.21. The third kappa shape index (κ3) is 2.28. The minimum absolute atomic E-state index is 0.159. The lowest BCUT2D eigenvalue weighted by Gasteiger charge is -2.36. The lowest BCUT2D eigenvalue weighted by atomic mass is 9.77. The SMILES string of the molecule is NC1(C(=O)NNc2ccc(Cl)cc2)CCC1. The molecule has 1 saturated carbocycles. The van der Waals surface area contributed by atoms with E-state index in [1.165, 1.54) is 0 Å². The Morgan fingerprint density at radius 3 is 2.44 bits per heavy atom. The van der Waals surface area contributed by atoms with Crippen LogP contribution in [-0.4, -0.2) is 11.4 Å². The summed E-state index contributed by atoms with van der Waals surface area (Å²) in [5.74, 6) is -0.159. The number of hydrogen-bond acceptors (Lipinski definition) is 3. The lowest BCUT2D eigenvalue weighted by Crippen LogP contribution is -2.59. The molecule has 86 valence electrons. The van der Waals surface area contributed by atoms with Gasteiger partial charge in [0.15, 0.2) is 0 Å². The molecular weight excluding hydrogens is 226 g/mol. The zero-order chi connectivity index (χ0) is 11.6. The first-order valence-corrected chi connectivity index (χ1v) is 5.59. The maximum atomic E-state index is 11.7. The average Bonchev–Trinajstić information content (AvgIpc) is 2.24. The Morgan fingerprint density at radius 1 is 1.31 bits per heavy atom. The van der Waals surface area contributed by atoms with E-state index in [-0.39, 0.29) is 5.91 Å². The van der Waals surface area contributed by atoms with Crippen LogP contribution in [0.3, 0.4) is 0 Å². The smallest absolute Gasteiger partial charge is 0.258 e. The quantitative estimate of drug-likeness (QED) is 0.703. The molecule has 0 unspecified atom stereocenters. The first kappa shape index (κ1) is 11.2. The summed E-state index contributed by atoms with van der Waals surface area (Å²) >= 11 is 5.74. The Morgan fingerprint density at radius 2 is 1.94 bits per heavy atom. The molecule has 4 nitrogen and oxygen atoms in total. The molecule has 5 heteroatoms. The molecule has 0 heterocycles. The Bertz CT molecular complexity index is 387. The van der Waals surface area contributed by atoms with Crippen LogP contribution in [0.15, 0.2) is 24.3 Å². The highest BCUT2D eigenvalue weighted by Crippen LogP contribution is 2.28. The van der Waals surface area contributed by atoms with Crippen LogP contribution in [0.1, 0.15) is 19.3 Å². The van der Waals surface area contributed by atoms with Crippen LogP contribution in [0.4, 0.5) is 5.69 Å². The number of nitrogens with two attached hydrogens (primary N) is 1. The van der Waals surface area contributed by atoms with E-state index in [4.69, 9.17) is 17.3 Å². The standard InChI is InChI=1S/C11H14ClN3O/c12-8-2-4-9(5-3-8)14-15-10(16)11(13)6-1-7-11/h2-5,14H,1,6-7,13H2,(H,15,16). The van der Waals surface area contributed by atoms with Gasteiger partial charge in [-0.25, -0.2) is 0 Å². The van der Waals surface area contributed by atoms with Gasteiger partial charge in [0.1, 0.15) is 0 Å². The molecule has 1 aliphatic carbocycles. The fourth-order valence-corrected chi connectivity index (χ4v) is 1.70. The lowest BCUT2D eigenvalue weighted by molar-refractivity contribution is -0.128. The summed E-state index contributed by atoms with van der Waals surface area (Å²) in [5, 5.41) is 0.658. The van der Waals surface area contributed by atoms with Crippen molar-refractivity contribution in [1.82, 2.24) is 5.43 Å². The van der Waals surface area contributed by atoms with Gasteiger partial charge in [0.25, 0.3) is 5.91 Å². The number of benzene rings is 1. The fourth-order valence-electron chi connectivity index (χ4n) is 1.57. The summed E-state index contributed by atoms with van der Waals surface area (Å²) in [6.45, 7) is 0. The van der Waals surface area contributed by atoms with Gasteiger partial charge in [-0.2, -0.15) is 0 Å². The van der Waals surface area contributed by atoms with Crippen molar-refractivity contribution < 1.29 is 4.79 Å². The van der Waals surface area contributed by atoms with E-state index >= 15 is 0 Å². The molecule has 1 aromatic carbocycles. The van der Waals surface area contributed by atoms with E-state index in [0.29, 0.717) is 5.02 Å². The summed E-state index contributed by atoms with van der Waals surface area (Å²) < 4.78 is 0. The van der Waals surface area contributed by atoms with Gasteiger partial charge in [-0.15, -0.1) is 0 Å². The first-order chi connectivity index (χ1) is 7.60. The summed E-state index contributed by atoms with van der Waals surface area (Å²) in [6, 6.07) is 7.06. The van der Waals surface area contributed by atoms with Crippen LogP contribution >= 0.6 is 11.6 Å². The van der Waals surface area contributed by atoms with E-state index in [2.05, 4.69) is 10.9 Å². The fraction of sp³-hybridized carbons (Fsp3) is 0.364. The van der Waals surface area contributed by atoms with Gasteiger partial charge < -0.3 is 5.73 Å². The maximum Gasteiger partial charge on any atom is 0.258 e.